The molecule has 0 bridgehead atoms. The minimum absolute atomic E-state index is 0.347. The number of rotatable bonds is 4. The van der Waals surface area contributed by atoms with E-state index in [-0.39, 0.29) is 0 Å². The van der Waals surface area contributed by atoms with E-state index in [1.54, 1.807) is 0 Å². The Bertz CT molecular complexity index is 231. The Labute approximate surface area is 101 Å². The minimum Gasteiger partial charge on any atom is -0.314 e. The first-order valence-electron chi connectivity index (χ1n) is 7.04. The van der Waals surface area contributed by atoms with Crippen molar-refractivity contribution in [3.05, 3.63) is 0 Å². The van der Waals surface area contributed by atoms with Crippen LogP contribution in [0.3, 0.4) is 0 Å². The Hall–Kier alpha value is -0.0800. The fourth-order valence-electron chi connectivity index (χ4n) is 2.87. The fourth-order valence-corrected chi connectivity index (χ4v) is 2.87. The molecule has 0 aromatic rings. The Balaban J connectivity index is 1.93. The molecule has 94 valence electrons. The molecule has 1 aliphatic carbocycles. The van der Waals surface area contributed by atoms with E-state index in [2.05, 4.69) is 31.0 Å². The molecule has 2 rings (SSSR count). The zero-order valence-corrected chi connectivity index (χ0v) is 11.3. The van der Waals surface area contributed by atoms with Gasteiger partial charge in [-0.3, -0.25) is 4.90 Å². The van der Waals surface area contributed by atoms with E-state index in [4.69, 9.17) is 0 Å². The van der Waals surface area contributed by atoms with E-state index in [1.807, 2.05) is 0 Å². The van der Waals surface area contributed by atoms with Gasteiger partial charge in [-0.25, -0.2) is 0 Å². The zero-order valence-electron chi connectivity index (χ0n) is 11.3. The first kappa shape index (κ1) is 12.4. The highest BCUT2D eigenvalue weighted by Crippen LogP contribution is 2.47. The molecule has 2 nitrogen and oxygen atoms in total. The molecule has 1 heterocycles. The third kappa shape index (κ3) is 2.78. The Morgan fingerprint density at radius 2 is 1.88 bits per heavy atom. The van der Waals surface area contributed by atoms with Crippen LogP contribution in [0.1, 0.15) is 52.9 Å². The lowest BCUT2D eigenvalue weighted by molar-refractivity contribution is 0.113. The average molecular weight is 224 g/mol. The number of unbranched alkanes of at least 4 members (excludes halogenated alkanes) is 2. The molecule has 0 aromatic heterocycles. The van der Waals surface area contributed by atoms with Crippen LogP contribution in [-0.4, -0.2) is 36.6 Å². The van der Waals surface area contributed by atoms with E-state index < -0.39 is 0 Å². The predicted molar refractivity (Wildman–Crippen MR) is 69.7 cm³/mol. The first-order chi connectivity index (χ1) is 7.58. The Morgan fingerprint density at radius 1 is 1.12 bits per heavy atom. The molecule has 0 radical (unpaired) electrons. The van der Waals surface area contributed by atoms with Gasteiger partial charge in [0.1, 0.15) is 0 Å². The zero-order chi connectivity index (χ0) is 11.6. The van der Waals surface area contributed by atoms with Gasteiger partial charge < -0.3 is 5.32 Å². The van der Waals surface area contributed by atoms with Gasteiger partial charge in [0.05, 0.1) is 0 Å². The van der Waals surface area contributed by atoms with Crippen LogP contribution in [0.5, 0.6) is 0 Å². The molecule has 1 aliphatic heterocycles. The maximum Gasteiger partial charge on any atom is 0.0277 e. The van der Waals surface area contributed by atoms with E-state index in [1.165, 1.54) is 51.7 Å². The van der Waals surface area contributed by atoms with Crippen molar-refractivity contribution < 1.29 is 0 Å². The molecule has 2 heteroatoms. The van der Waals surface area contributed by atoms with Crippen molar-refractivity contribution in [2.24, 2.45) is 5.41 Å². The van der Waals surface area contributed by atoms with Crippen molar-refractivity contribution in [2.75, 3.05) is 26.2 Å². The molecular formula is C14H28N2. The summed E-state index contributed by atoms with van der Waals surface area (Å²) in [6.07, 6.45) is 6.97. The Kier molecular flexibility index (Phi) is 3.60. The van der Waals surface area contributed by atoms with Gasteiger partial charge in [0.25, 0.3) is 0 Å². The van der Waals surface area contributed by atoms with Gasteiger partial charge in [-0.2, -0.15) is 0 Å². The first-order valence-corrected chi connectivity index (χ1v) is 7.04. The lowest BCUT2D eigenvalue weighted by atomic mass is 10.0. The van der Waals surface area contributed by atoms with Crippen LogP contribution in [0.25, 0.3) is 0 Å². The quantitative estimate of drug-likeness (QED) is 0.739. The topological polar surface area (TPSA) is 15.3 Å². The largest absolute Gasteiger partial charge is 0.314 e. The third-order valence-electron chi connectivity index (χ3n) is 4.43. The number of nitrogens with one attached hydrogen (secondary N) is 1. The second-order valence-electron chi connectivity index (χ2n) is 6.54. The van der Waals surface area contributed by atoms with E-state index in [0.29, 0.717) is 11.0 Å². The van der Waals surface area contributed by atoms with Crippen molar-refractivity contribution in [1.29, 1.82) is 0 Å². The van der Waals surface area contributed by atoms with Gasteiger partial charge in [0, 0.05) is 25.2 Å². The normalized spacial score (nSPS) is 27.9. The van der Waals surface area contributed by atoms with Gasteiger partial charge in [-0.1, -0.05) is 19.8 Å². The van der Waals surface area contributed by atoms with Crippen LogP contribution in [0.15, 0.2) is 0 Å². The van der Waals surface area contributed by atoms with Crippen LogP contribution in [0.4, 0.5) is 0 Å². The number of hydrogen-bond donors (Lipinski definition) is 1. The van der Waals surface area contributed by atoms with Crippen LogP contribution in [-0.2, 0) is 0 Å². The second kappa shape index (κ2) is 4.66. The maximum absolute atomic E-state index is 3.67. The summed E-state index contributed by atoms with van der Waals surface area (Å²) in [5.41, 5.74) is 1.000. The minimum atomic E-state index is 0.347. The summed E-state index contributed by atoms with van der Waals surface area (Å²) in [5.74, 6) is 0. The Morgan fingerprint density at radius 3 is 2.50 bits per heavy atom. The fraction of sp³-hybridized carbons (Fsp3) is 1.00. The highest BCUT2D eigenvalue weighted by molar-refractivity contribution is 5.02. The lowest BCUT2D eigenvalue weighted by Gasteiger charge is -2.38. The molecule has 1 spiro atoms. The van der Waals surface area contributed by atoms with Gasteiger partial charge in [0.2, 0.25) is 0 Å². The van der Waals surface area contributed by atoms with Gasteiger partial charge in [0.15, 0.2) is 0 Å². The summed E-state index contributed by atoms with van der Waals surface area (Å²) in [6.45, 7) is 12.1. The van der Waals surface area contributed by atoms with Gasteiger partial charge in [-0.15, -0.1) is 0 Å². The van der Waals surface area contributed by atoms with Crippen LogP contribution in [0.2, 0.25) is 0 Å². The summed E-state index contributed by atoms with van der Waals surface area (Å²) < 4.78 is 0. The van der Waals surface area contributed by atoms with E-state index >= 15 is 0 Å². The van der Waals surface area contributed by atoms with Crippen LogP contribution >= 0.6 is 0 Å². The predicted octanol–water partition coefficient (Wildman–Crippen LogP) is 2.64. The molecule has 0 unspecified atom stereocenters. The number of nitrogens with zero attached hydrogens (tertiary/aromatic N) is 1. The monoisotopic (exact) mass is 224 g/mol. The molecule has 0 aromatic carbocycles. The smallest absolute Gasteiger partial charge is 0.0277 e. The second-order valence-corrected chi connectivity index (χ2v) is 6.54. The van der Waals surface area contributed by atoms with Gasteiger partial charge >= 0.3 is 0 Å². The highest BCUT2D eigenvalue weighted by atomic mass is 15.2. The van der Waals surface area contributed by atoms with Crippen molar-refractivity contribution in [1.82, 2.24) is 10.2 Å². The van der Waals surface area contributed by atoms with Crippen LogP contribution < -0.4 is 5.32 Å². The summed E-state index contributed by atoms with van der Waals surface area (Å²) in [6, 6.07) is 0. The SMILES string of the molecule is CCCCCN1CC2(CC2)CNCC1(C)C. The van der Waals surface area contributed by atoms with E-state index in [0.717, 1.165) is 6.54 Å². The van der Waals surface area contributed by atoms with E-state index in [9.17, 15) is 0 Å². The van der Waals surface area contributed by atoms with Gasteiger partial charge in [-0.05, 0) is 45.1 Å². The molecular weight excluding hydrogens is 196 g/mol. The third-order valence-corrected chi connectivity index (χ3v) is 4.43. The van der Waals surface area contributed by atoms with Crippen molar-refractivity contribution in [2.45, 2.75) is 58.4 Å². The van der Waals surface area contributed by atoms with Crippen molar-refractivity contribution in [3.63, 3.8) is 0 Å². The van der Waals surface area contributed by atoms with Crippen molar-refractivity contribution in [3.8, 4) is 0 Å². The van der Waals surface area contributed by atoms with Crippen molar-refractivity contribution >= 4 is 0 Å². The lowest BCUT2D eigenvalue weighted by Crippen LogP contribution is -2.49. The standard InChI is InChI=1S/C14H28N2/c1-4-5-6-9-16-12-14(7-8-14)11-15-10-13(16,2)3/h15H,4-12H2,1-3H3. The molecule has 0 amide bonds. The van der Waals surface area contributed by atoms with Crippen LogP contribution in [0, 0.1) is 5.41 Å². The maximum atomic E-state index is 3.67. The number of hydrogen-bond acceptors (Lipinski definition) is 2. The summed E-state index contributed by atoms with van der Waals surface area (Å²) >= 11 is 0. The summed E-state index contributed by atoms with van der Waals surface area (Å²) in [4.78, 5) is 2.75. The molecule has 2 fully saturated rings. The summed E-state index contributed by atoms with van der Waals surface area (Å²) in [7, 11) is 0. The molecule has 1 N–H and O–H groups in total. The highest BCUT2D eigenvalue weighted by Gasteiger charge is 2.47. The molecule has 0 atom stereocenters. The molecule has 1 saturated heterocycles. The molecule has 2 aliphatic rings. The summed E-state index contributed by atoms with van der Waals surface area (Å²) in [5, 5.41) is 3.67. The molecule has 16 heavy (non-hydrogen) atoms. The molecule has 1 saturated carbocycles. The average Bonchev–Trinajstić information content (AvgIpc) is 2.97.